The molecule has 0 saturated carbocycles. The molecule has 0 radical (unpaired) electrons. The first-order valence-electron chi connectivity index (χ1n) is 5.70. The molecule has 1 aromatic carbocycles. The van der Waals surface area contributed by atoms with Gasteiger partial charge in [-0.2, -0.15) is 5.26 Å². The Morgan fingerprint density at radius 1 is 1.22 bits per heavy atom. The van der Waals surface area contributed by atoms with Gasteiger partial charge in [-0.05, 0) is 17.7 Å². The summed E-state index contributed by atoms with van der Waals surface area (Å²) in [6.45, 7) is 0.600. The van der Waals surface area contributed by atoms with Gasteiger partial charge in [0.1, 0.15) is 11.9 Å². The zero-order valence-corrected chi connectivity index (χ0v) is 9.88. The fraction of sp³-hybridized carbons (Fsp3) is 0.143. The van der Waals surface area contributed by atoms with Crippen LogP contribution >= 0.6 is 0 Å². The largest absolute Gasteiger partial charge is 0.368 e. The van der Waals surface area contributed by atoms with E-state index in [0.29, 0.717) is 12.1 Å². The molecule has 2 aromatic rings. The third-order valence-electron chi connectivity index (χ3n) is 2.62. The van der Waals surface area contributed by atoms with Crippen molar-refractivity contribution in [3.8, 4) is 6.07 Å². The Labute approximate surface area is 106 Å². The number of nitrogens with one attached hydrogen (secondary N) is 1. The molecule has 0 aliphatic carbocycles. The summed E-state index contributed by atoms with van der Waals surface area (Å²) in [4.78, 5) is 4.13. The highest BCUT2D eigenvalue weighted by Crippen LogP contribution is 2.11. The Hall–Kier alpha value is -2.38. The maximum Gasteiger partial charge on any atom is 0.126 e. The van der Waals surface area contributed by atoms with E-state index >= 15 is 0 Å². The van der Waals surface area contributed by atoms with Gasteiger partial charge < -0.3 is 11.1 Å². The van der Waals surface area contributed by atoms with Crippen molar-refractivity contribution >= 4 is 5.82 Å². The smallest absolute Gasteiger partial charge is 0.126 e. The van der Waals surface area contributed by atoms with E-state index in [1.165, 1.54) is 6.20 Å². The number of hydrogen-bond acceptors (Lipinski definition) is 4. The van der Waals surface area contributed by atoms with Gasteiger partial charge in [0.2, 0.25) is 0 Å². The van der Waals surface area contributed by atoms with Crippen LogP contribution in [0.4, 0.5) is 5.82 Å². The summed E-state index contributed by atoms with van der Waals surface area (Å²) >= 11 is 0. The van der Waals surface area contributed by atoms with Crippen LogP contribution < -0.4 is 11.1 Å². The fourth-order valence-corrected chi connectivity index (χ4v) is 1.60. The minimum Gasteiger partial charge on any atom is -0.368 e. The van der Waals surface area contributed by atoms with Crippen molar-refractivity contribution in [2.24, 2.45) is 5.73 Å². The first kappa shape index (κ1) is 12.1. The van der Waals surface area contributed by atoms with Crippen LogP contribution in [0.2, 0.25) is 0 Å². The second-order valence-corrected chi connectivity index (χ2v) is 3.94. The Bertz CT molecular complexity index is 528. The standard InChI is InChI=1S/C14H14N4/c15-8-11-6-7-14(17-9-11)18-10-13(16)12-4-2-1-3-5-12/h1-7,9,13H,10,16H2,(H,17,18). The van der Waals surface area contributed by atoms with Crippen molar-refractivity contribution in [1.29, 1.82) is 5.26 Å². The highest BCUT2D eigenvalue weighted by Gasteiger charge is 2.04. The maximum atomic E-state index is 8.66. The van der Waals surface area contributed by atoms with E-state index in [9.17, 15) is 0 Å². The molecular weight excluding hydrogens is 224 g/mol. The Kier molecular flexibility index (Phi) is 3.90. The third-order valence-corrected chi connectivity index (χ3v) is 2.62. The van der Waals surface area contributed by atoms with E-state index in [-0.39, 0.29) is 6.04 Å². The van der Waals surface area contributed by atoms with Crippen LogP contribution in [0.1, 0.15) is 17.2 Å². The van der Waals surface area contributed by atoms with Gasteiger partial charge in [0, 0.05) is 18.8 Å². The average molecular weight is 238 g/mol. The number of nitriles is 1. The molecule has 0 saturated heterocycles. The van der Waals surface area contributed by atoms with Gasteiger partial charge in [-0.1, -0.05) is 30.3 Å². The summed E-state index contributed by atoms with van der Waals surface area (Å²) in [5.74, 6) is 0.723. The van der Waals surface area contributed by atoms with Gasteiger partial charge in [-0.15, -0.1) is 0 Å². The molecule has 90 valence electrons. The van der Waals surface area contributed by atoms with Gasteiger partial charge in [0.15, 0.2) is 0 Å². The number of anilines is 1. The molecule has 0 aliphatic rings. The lowest BCUT2D eigenvalue weighted by molar-refractivity contribution is 0.762. The van der Waals surface area contributed by atoms with E-state index in [1.54, 1.807) is 12.1 Å². The second-order valence-electron chi connectivity index (χ2n) is 3.94. The molecule has 2 rings (SSSR count). The zero-order valence-electron chi connectivity index (χ0n) is 9.88. The van der Waals surface area contributed by atoms with Crippen molar-refractivity contribution in [1.82, 2.24) is 4.98 Å². The van der Waals surface area contributed by atoms with Gasteiger partial charge in [0.05, 0.1) is 5.56 Å². The summed E-state index contributed by atoms with van der Waals surface area (Å²) in [6.07, 6.45) is 1.54. The Balaban J connectivity index is 1.93. The number of aromatic nitrogens is 1. The van der Waals surface area contributed by atoms with Crippen LogP contribution in [-0.4, -0.2) is 11.5 Å². The molecular formula is C14H14N4. The number of benzene rings is 1. The topological polar surface area (TPSA) is 74.7 Å². The van der Waals surface area contributed by atoms with Gasteiger partial charge in [-0.25, -0.2) is 4.98 Å². The molecule has 4 heteroatoms. The van der Waals surface area contributed by atoms with E-state index in [2.05, 4.69) is 10.3 Å². The van der Waals surface area contributed by atoms with Crippen molar-refractivity contribution < 1.29 is 0 Å². The van der Waals surface area contributed by atoms with Gasteiger partial charge in [0.25, 0.3) is 0 Å². The van der Waals surface area contributed by atoms with E-state index in [4.69, 9.17) is 11.0 Å². The molecule has 0 bridgehead atoms. The minimum absolute atomic E-state index is 0.0800. The predicted molar refractivity (Wildman–Crippen MR) is 70.8 cm³/mol. The number of nitrogens with two attached hydrogens (primary N) is 1. The van der Waals surface area contributed by atoms with Crippen LogP contribution in [0.25, 0.3) is 0 Å². The molecule has 3 N–H and O–H groups in total. The number of pyridine rings is 1. The summed E-state index contributed by atoms with van der Waals surface area (Å²) in [6, 6.07) is 15.3. The summed E-state index contributed by atoms with van der Waals surface area (Å²) < 4.78 is 0. The Morgan fingerprint density at radius 2 is 2.00 bits per heavy atom. The number of hydrogen-bond donors (Lipinski definition) is 2. The monoisotopic (exact) mass is 238 g/mol. The van der Waals surface area contributed by atoms with Crippen LogP contribution in [0, 0.1) is 11.3 Å². The van der Waals surface area contributed by atoms with Crippen LogP contribution in [0.3, 0.4) is 0 Å². The lowest BCUT2D eigenvalue weighted by Gasteiger charge is -2.13. The minimum atomic E-state index is -0.0800. The molecule has 4 nitrogen and oxygen atoms in total. The third kappa shape index (κ3) is 3.06. The second kappa shape index (κ2) is 5.80. The molecule has 1 unspecified atom stereocenters. The summed E-state index contributed by atoms with van der Waals surface area (Å²) in [5.41, 5.74) is 7.69. The maximum absolute atomic E-state index is 8.66. The first-order chi connectivity index (χ1) is 8.79. The van der Waals surface area contributed by atoms with Crippen molar-refractivity contribution in [2.45, 2.75) is 6.04 Å². The molecule has 18 heavy (non-hydrogen) atoms. The summed E-state index contributed by atoms with van der Waals surface area (Å²) in [5, 5.41) is 11.8. The highest BCUT2D eigenvalue weighted by atomic mass is 15.0. The molecule has 0 spiro atoms. The van der Waals surface area contributed by atoms with E-state index in [0.717, 1.165) is 11.4 Å². The molecule has 0 fully saturated rings. The quantitative estimate of drug-likeness (QED) is 0.855. The number of rotatable bonds is 4. The predicted octanol–water partition coefficient (Wildman–Crippen LogP) is 2.07. The van der Waals surface area contributed by atoms with Gasteiger partial charge >= 0.3 is 0 Å². The lowest BCUT2D eigenvalue weighted by atomic mass is 10.1. The van der Waals surface area contributed by atoms with Crippen LogP contribution in [0.5, 0.6) is 0 Å². The molecule has 1 heterocycles. The fourth-order valence-electron chi connectivity index (χ4n) is 1.60. The Morgan fingerprint density at radius 3 is 2.61 bits per heavy atom. The summed E-state index contributed by atoms with van der Waals surface area (Å²) in [7, 11) is 0. The van der Waals surface area contributed by atoms with Crippen molar-refractivity contribution in [3.05, 3.63) is 59.8 Å². The zero-order chi connectivity index (χ0) is 12.8. The highest BCUT2D eigenvalue weighted by molar-refractivity contribution is 5.39. The SMILES string of the molecule is N#Cc1ccc(NCC(N)c2ccccc2)nc1. The molecule has 0 amide bonds. The first-order valence-corrected chi connectivity index (χ1v) is 5.70. The normalized spacial score (nSPS) is 11.6. The molecule has 1 aromatic heterocycles. The average Bonchev–Trinajstić information content (AvgIpc) is 2.46. The lowest BCUT2D eigenvalue weighted by Crippen LogP contribution is -2.20. The molecule has 0 aliphatic heterocycles. The van der Waals surface area contributed by atoms with Crippen molar-refractivity contribution in [2.75, 3.05) is 11.9 Å². The van der Waals surface area contributed by atoms with Gasteiger partial charge in [-0.3, -0.25) is 0 Å². The van der Waals surface area contributed by atoms with Crippen LogP contribution in [0.15, 0.2) is 48.7 Å². The molecule has 1 atom stereocenters. The van der Waals surface area contributed by atoms with Crippen LogP contribution in [-0.2, 0) is 0 Å². The van der Waals surface area contributed by atoms with E-state index in [1.807, 2.05) is 36.4 Å². The van der Waals surface area contributed by atoms with E-state index < -0.39 is 0 Å². The van der Waals surface area contributed by atoms with Crippen molar-refractivity contribution in [3.63, 3.8) is 0 Å². The number of nitrogens with zero attached hydrogens (tertiary/aromatic N) is 2.